The molecule has 3 rings (SSSR count). The fourth-order valence-corrected chi connectivity index (χ4v) is 3.81. The van der Waals surface area contributed by atoms with E-state index in [9.17, 15) is 4.79 Å². The number of amides is 1. The SMILES string of the molecule is Cc1cccc(CCN(C)[C@H]2C[C@H]3CNC(=O)C[C@H]3C2)n1. The maximum Gasteiger partial charge on any atom is 0.220 e. The number of hydrogen-bond donors (Lipinski definition) is 1. The van der Waals surface area contributed by atoms with Crippen LogP contribution in [0.5, 0.6) is 0 Å². The van der Waals surface area contributed by atoms with E-state index >= 15 is 0 Å². The zero-order chi connectivity index (χ0) is 14.8. The second kappa shape index (κ2) is 6.14. The molecule has 2 fully saturated rings. The highest BCUT2D eigenvalue weighted by Crippen LogP contribution is 2.38. The Labute approximate surface area is 126 Å². The molecule has 114 valence electrons. The number of carbonyl (C=O) groups is 1. The molecule has 1 aliphatic heterocycles. The molecule has 1 aromatic heterocycles. The van der Waals surface area contributed by atoms with E-state index in [1.165, 1.54) is 18.5 Å². The molecule has 4 nitrogen and oxygen atoms in total. The number of pyridine rings is 1. The number of likely N-dealkylation sites (N-methyl/N-ethyl adjacent to an activating group) is 1. The zero-order valence-electron chi connectivity index (χ0n) is 13.0. The molecule has 1 saturated heterocycles. The molecular formula is C17H25N3O. The van der Waals surface area contributed by atoms with Crippen LogP contribution in [0.15, 0.2) is 18.2 Å². The largest absolute Gasteiger partial charge is 0.356 e. The summed E-state index contributed by atoms with van der Waals surface area (Å²) >= 11 is 0. The van der Waals surface area contributed by atoms with Crippen molar-refractivity contribution in [2.75, 3.05) is 20.1 Å². The first-order chi connectivity index (χ1) is 10.1. The van der Waals surface area contributed by atoms with E-state index in [0.29, 0.717) is 17.9 Å². The van der Waals surface area contributed by atoms with Crippen LogP contribution in [-0.2, 0) is 11.2 Å². The van der Waals surface area contributed by atoms with E-state index in [1.807, 2.05) is 13.0 Å². The van der Waals surface area contributed by atoms with Crippen LogP contribution in [0.1, 0.15) is 30.7 Å². The monoisotopic (exact) mass is 287 g/mol. The van der Waals surface area contributed by atoms with Crippen LogP contribution in [0.2, 0.25) is 0 Å². The Bertz CT molecular complexity index is 517. The molecule has 2 heterocycles. The van der Waals surface area contributed by atoms with E-state index in [0.717, 1.165) is 31.6 Å². The summed E-state index contributed by atoms with van der Waals surface area (Å²) in [6.07, 6.45) is 4.13. The van der Waals surface area contributed by atoms with Gasteiger partial charge in [-0.25, -0.2) is 0 Å². The van der Waals surface area contributed by atoms with E-state index in [-0.39, 0.29) is 5.91 Å². The Kier molecular flexibility index (Phi) is 4.24. The number of hydrogen-bond acceptors (Lipinski definition) is 3. The molecule has 3 atom stereocenters. The Morgan fingerprint density at radius 1 is 1.33 bits per heavy atom. The average Bonchev–Trinajstić information content (AvgIpc) is 2.88. The second-order valence-corrected chi connectivity index (χ2v) is 6.65. The maximum atomic E-state index is 11.5. The third-order valence-corrected chi connectivity index (χ3v) is 5.12. The van der Waals surface area contributed by atoms with Crippen molar-refractivity contribution < 1.29 is 4.79 Å². The maximum absolute atomic E-state index is 11.5. The molecule has 0 unspecified atom stereocenters. The van der Waals surface area contributed by atoms with Crippen LogP contribution in [0.3, 0.4) is 0 Å². The number of nitrogens with zero attached hydrogens (tertiary/aromatic N) is 2. The van der Waals surface area contributed by atoms with Gasteiger partial charge in [0, 0.05) is 43.4 Å². The van der Waals surface area contributed by atoms with Crippen LogP contribution in [-0.4, -0.2) is 42.0 Å². The molecule has 0 aromatic carbocycles. The summed E-state index contributed by atoms with van der Waals surface area (Å²) in [7, 11) is 2.22. The van der Waals surface area contributed by atoms with Crippen molar-refractivity contribution in [2.24, 2.45) is 11.8 Å². The molecule has 1 amide bonds. The summed E-state index contributed by atoms with van der Waals surface area (Å²) in [6.45, 7) is 3.97. The lowest BCUT2D eigenvalue weighted by Gasteiger charge is -2.24. The zero-order valence-corrected chi connectivity index (χ0v) is 13.0. The van der Waals surface area contributed by atoms with Gasteiger partial charge in [-0.3, -0.25) is 9.78 Å². The van der Waals surface area contributed by atoms with Crippen molar-refractivity contribution >= 4 is 5.91 Å². The van der Waals surface area contributed by atoms with Crippen molar-refractivity contribution in [2.45, 2.75) is 38.6 Å². The predicted molar refractivity (Wildman–Crippen MR) is 82.9 cm³/mol. The normalized spacial score (nSPS) is 28.5. The van der Waals surface area contributed by atoms with Gasteiger partial charge in [0.1, 0.15) is 0 Å². The van der Waals surface area contributed by atoms with Crippen LogP contribution in [0.4, 0.5) is 0 Å². The number of nitrogens with one attached hydrogen (secondary N) is 1. The molecule has 0 spiro atoms. The van der Waals surface area contributed by atoms with Gasteiger partial charge in [0.25, 0.3) is 0 Å². The number of piperidine rings is 1. The lowest BCUT2D eigenvalue weighted by Crippen LogP contribution is -2.38. The van der Waals surface area contributed by atoms with Gasteiger partial charge < -0.3 is 10.2 Å². The first-order valence-corrected chi connectivity index (χ1v) is 8.01. The minimum atomic E-state index is 0.239. The molecule has 1 aromatic rings. The molecule has 2 aliphatic rings. The molecule has 1 saturated carbocycles. The van der Waals surface area contributed by atoms with Gasteiger partial charge in [0.15, 0.2) is 0 Å². The molecule has 0 bridgehead atoms. The quantitative estimate of drug-likeness (QED) is 0.918. The minimum absolute atomic E-state index is 0.239. The van der Waals surface area contributed by atoms with E-state index in [1.54, 1.807) is 0 Å². The van der Waals surface area contributed by atoms with Gasteiger partial charge in [-0.05, 0) is 50.8 Å². The standard InChI is InChI=1S/C17H25N3O/c1-12-4-3-5-15(19-12)6-7-20(2)16-8-13-10-17(21)18-11-14(13)9-16/h3-5,13-14,16H,6-11H2,1-2H3,(H,18,21)/t13-,14+,16-/m1/s1. The van der Waals surface area contributed by atoms with Crippen LogP contribution in [0, 0.1) is 18.8 Å². The highest BCUT2D eigenvalue weighted by Gasteiger charge is 2.39. The highest BCUT2D eigenvalue weighted by atomic mass is 16.1. The summed E-state index contributed by atoms with van der Waals surface area (Å²) in [5, 5.41) is 3.01. The third kappa shape index (κ3) is 3.43. The fourth-order valence-electron chi connectivity index (χ4n) is 3.81. The summed E-state index contributed by atoms with van der Waals surface area (Å²) < 4.78 is 0. The predicted octanol–water partition coefficient (Wildman–Crippen LogP) is 1.78. The molecule has 1 aliphatic carbocycles. The summed E-state index contributed by atoms with van der Waals surface area (Å²) in [4.78, 5) is 18.5. The van der Waals surface area contributed by atoms with Crippen molar-refractivity contribution in [3.8, 4) is 0 Å². The van der Waals surface area contributed by atoms with Gasteiger partial charge >= 0.3 is 0 Å². The van der Waals surface area contributed by atoms with E-state index < -0.39 is 0 Å². The van der Waals surface area contributed by atoms with E-state index in [2.05, 4.69) is 34.4 Å². The number of aryl methyl sites for hydroxylation is 1. The fraction of sp³-hybridized carbons (Fsp3) is 0.647. The molecular weight excluding hydrogens is 262 g/mol. The van der Waals surface area contributed by atoms with Crippen LogP contribution in [0.25, 0.3) is 0 Å². The highest BCUT2D eigenvalue weighted by molar-refractivity contribution is 5.77. The van der Waals surface area contributed by atoms with Crippen LogP contribution < -0.4 is 5.32 Å². The Balaban J connectivity index is 1.52. The lowest BCUT2D eigenvalue weighted by molar-refractivity contribution is -0.124. The van der Waals surface area contributed by atoms with Crippen molar-refractivity contribution in [3.63, 3.8) is 0 Å². The smallest absolute Gasteiger partial charge is 0.220 e. The summed E-state index contributed by atoms with van der Waals surface area (Å²) in [5.74, 6) is 1.53. The molecule has 0 radical (unpaired) electrons. The van der Waals surface area contributed by atoms with Gasteiger partial charge in [-0.2, -0.15) is 0 Å². The van der Waals surface area contributed by atoms with Crippen LogP contribution >= 0.6 is 0 Å². The number of fused-ring (bicyclic) bond motifs is 1. The average molecular weight is 287 g/mol. The van der Waals surface area contributed by atoms with Gasteiger partial charge in [0.2, 0.25) is 5.91 Å². The summed E-state index contributed by atoms with van der Waals surface area (Å²) in [6, 6.07) is 6.85. The second-order valence-electron chi connectivity index (χ2n) is 6.65. The Hall–Kier alpha value is -1.42. The molecule has 21 heavy (non-hydrogen) atoms. The van der Waals surface area contributed by atoms with Gasteiger partial charge in [0.05, 0.1) is 0 Å². The Morgan fingerprint density at radius 3 is 2.95 bits per heavy atom. The first-order valence-electron chi connectivity index (χ1n) is 8.01. The molecule has 4 heteroatoms. The van der Waals surface area contributed by atoms with Crippen molar-refractivity contribution in [1.82, 2.24) is 15.2 Å². The number of rotatable bonds is 4. The number of carbonyl (C=O) groups excluding carboxylic acids is 1. The molecule has 1 N–H and O–H groups in total. The first kappa shape index (κ1) is 14.5. The van der Waals surface area contributed by atoms with E-state index in [4.69, 9.17) is 0 Å². The van der Waals surface area contributed by atoms with Crippen molar-refractivity contribution in [3.05, 3.63) is 29.6 Å². The third-order valence-electron chi connectivity index (χ3n) is 5.12. The van der Waals surface area contributed by atoms with Gasteiger partial charge in [-0.15, -0.1) is 0 Å². The summed E-state index contributed by atoms with van der Waals surface area (Å²) in [5.41, 5.74) is 2.26. The lowest BCUT2D eigenvalue weighted by atomic mass is 9.89. The Morgan fingerprint density at radius 2 is 2.14 bits per heavy atom. The topological polar surface area (TPSA) is 45.2 Å². The van der Waals surface area contributed by atoms with Crippen molar-refractivity contribution in [1.29, 1.82) is 0 Å². The number of aromatic nitrogens is 1. The minimum Gasteiger partial charge on any atom is -0.356 e. The van der Waals surface area contributed by atoms with Gasteiger partial charge in [-0.1, -0.05) is 6.07 Å².